The highest BCUT2D eigenvalue weighted by atomic mass is 35.5. The molecule has 37 heavy (non-hydrogen) atoms. The summed E-state index contributed by atoms with van der Waals surface area (Å²) in [7, 11) is -3.56. The van der Waals surface area contributed by atoms with Crippen LogP contribution >= 0.6 is 22.9 Å². The van der Waals surface area contributed by atoms with Gasteiger partial charge in [-0.15, -0.1) is 0 Å². The summed E-state index contributed by atoms with van der Waals surface area (Å²) in [5, 5.41) is 1.13. The number of carbonyl (C=O) groups is 1. The van der Waals surface area contributed by atoms with Crippen LogP contribution in [-0.2, 0) is 14.8 Å². The third-order valence-electron chi connectivity index (χ3n) is 6.85. The van der Waals surface area contributed by atoms with Crippen molar-refractivity contribution < 1.29 is 17.9 Å². The van der Waals surface area contributed by atoms with Gasteiger partial charge in [-0.25, -0.2) is 13.4 Å². The molecule has 2 aromatic carbocycles. The van der Waals surface area contributed by atoms with E-state index in [2.05, 4.69) is 4.90 Å². The Labute approximate surface area is 226 Å². The molecular weight excluding hydrogens is 532 g/mol. The zero-order valence-electron chi connectivity index (χ0n) is 20.6. The van der Waals surface area contributed by atoms with Crippen molar-refractivity contribution in [2.75, 3.05) is 57.4 Å². The molecule has 0 atom stereocenters. The third kappa shape index (κ3) is 6.00. The number of anilines is 1. The Morgan fingerprint density at radius 3 is 2.46 bits per heavy atom. The van der Waals surface area contributed by atoms with Crippen LogP contribution in [0.2, 0.25) is 5.02 Å². The number of halogens is 1. The van der Waals surface area contributed by atoms with Crippen LogP contribution in [-0.4, -0.2) is 81.0 Å². The van der Waals surface area contributed by atoms with Crippen molar-refractivity contribution in [1.82, 2.24) is 14.2 Å². The molecule has 2 aliphatic rings. The summed E-state index contributed by atoms with van der Waals surface area (Å²) in [6, 6.07) is 11.9. The molecular formula is C26H31ClN4O4S2. The average Bonchev–Trinajstić information content (AvgIpc) is 3.37. The summed E-state index contributed by atoms with van der Waals surface area (Å²) < 4.78 is 34.0. The number of hydrogen-bond acceptors (Lipinski definition) is 7. The normalized spacial score (nSPS) is 17.8. The van der Waals surface area contributed by atoms with Crippen LogP contribution in [0.1, 0.15) is 36.0 Å². The van der Waals surface area contributed by atoms with Crippen molar-refractivity contribution in [2.24, 2.45) is 0 Å². The second kappa shape index (κ2) is 11.8. The first-order valence-electron chi connectivity index (χ1n) is 12.7. The molecule has 0 N–H and O–H groups in total. The van der Waals surface area contributed by atoms with Crippen LogP contribution in [0.3, 0.4) is 0 Å². The van der Waals surface area contributed by atoms with Gasteiger partial charge in [0.05, 0.1) is 27.8 Å². The van der Waals surface area contributed by atoms with E-state index in [-0.39, 0.29) is 10.8 Å². The number of morpholine rings is 1. The van der Waals surface area contributed by atoms with E-state index < -0.39 is 10.0 Å². The lowest BCUT2D eigenvalue weighted by molar-refractivity contribution is 0.0376. The fraction of sp³-hybridized carbons (Fsp3) is 0.462. The van der Waals surface area contributed by atoms with Gasteiger partial charge in [0.1, 0.15) is 5.52 Å². The molecule has 11 heteroatoms. The van der Waals surface area contributed by atoms with Crippen molar-refractivity contribution in [3.05, 3.63) is 53.1 Å². The van der Waals surface area contributed by atoms with Crippen LogP contribution in [0, 0.1) is 0 Å². The van der Waals surface area contributed by atoms with Crippen LogP contribution in [0.4, 0.5) is 5.13 Å². The number of rotatable bonds is 8. The van der Waals surface area contributed by atoms with E-state index in [1.165, 1.54) is 27.8 Å². The maximum Gasteiger partial charge on any atom is 0.260 e. The zero-order valence-corrected chi connectivity index (χ0v) is 23.0. The largest absolute Gasteiger partial charge is 0.379 e. The van der Waals surface area contributed by atoms with E-state index in [1.54, 1.807) is 23.1 Å². The Balaban J connectivity index is 1.37. The summed E-state index contributed by atoms with van der Waals surface area (Å²) in [6.45, 7) is 5.65. The first-order valence-corrected chi connectivity index (χ1v) is 15.3. The van der Waals surface area contributed by atoms with Crippen molar-refractivity contribution in [3.8, 4) is 0 Å². The van der Waals surface area contributed by atoms with E-state index in [0.29, 0.717) is 40.9 Å². The van der Waals surface area contributed by atoms with Gasteiger partial charge in [-0.2, -0.15) is 4.31 Å². The molecule has 3 aromatic rings. The molecule has 2 fully saturated rings. The fourth-order valence-electron chi connectivity index (χ4n) is 4.76. The monoisotopic (exact) mass is 562 g/mol. The minimum absolute atomic E-state index is 0.209. The molecule has 0 radical (unpaired) electrons. The standard InChI is InChI=1S/C26H31ClN4O4S2/c27-22-6-4-7-23-24(22)28-26(36-23)31(15-5-12-29-16-18-35-19-17-29)25(32)20-8-10-21(11-9-20)37(33,34)30-13-2-1-3-14-30/h4,6-11H,1-3,5,12-19H2. The molecule has 0 aliphatic carbocycles. The number of hydrogen-bond donors (Lipinski definition) is 0. The predicted octanol–water partition coefficient (Wildman–Crippen LogP) is 4.49. The molecule has 0 bridgehead atoms. The molecule has 5 rings (SSSR count). The van der Waals surface area contributed by atoms with E-state index in [4.69, 9.17) is 21.3 Å². The van der Waals surface area contributed by atoms with Gasteiger partial charge in [0.15, 0.2) is 5.13 Å². The number of fused-ring (bicyclic) bond motifs is 1. The Kier molecular flexibility index (Phi) is 8.43. The molecule has 1 aromatic heterocycles. The van der Waals surface area contributed by atoms with Gasteiger partial charge in [-0.3, -0.25) is 14.6 Å². The molecule has 0 spiro atoms. The highest BCUT2D eigenvalue weighted by Gasteiger charge is 2.27. The Hall–Kier alpha value is -2.08. The summed E-state index contributed by atoms with van der Waals surface area (Å²) in [6.07, 6.45) is 3.58. The number of para-hydroxylation sites is 1. The lowest BCUT2D eigenvalue weighted by atomic mass is 10.2. The van der Waals surface area contributed by atoms with Gasteiger partial charge >= 0.3 is 0 Å². The predicted molar refractivity (Wildman–Crippen MR) is 147 cm³/mol. The van der Waals surface area contributed by atoms with Gasteiger partial charge in [0.25, 0.3) is 5.91 Å². The highest BCUT2D eigenvalue weighted by Crippen LogP contribution is 2.33. The number of aromatic nitrogens is 1. The first-order chi connectivity index (χ1) is 17.9. The Morgan fingerprint density at radius 2 is 1.76 bits per heavy atom. The number of piperidine rings is 1. The third-order valence-corrected chi connectivity index (χ3v) is 10.1. The lowest BCUT2D eigenvalue weighted by Crippen LogP contribution is -2.39. The first kappa shape index (κ1) is 26.5. The summed E-state index contributed by atoms with van der Waals surface area (Å²) in [5.74, 6) is -0.209. The topological polar surface area (TPSA) is 83.1 Å². The molecule has 2 aliphatic heterocycles. The molecule has 198 valence electrons. The van der Waals surface area contributed by atoms with E-state index in [1.807, 2.05) is 12.1 Å². The van der Waals surface area contributed by atoms with E-state index >= 15 is 0 Å². The average molecular weight is 563 g/mol. The highest BCUT2D eigenvalue weighted by molar-refractivity contribution is 7.89. The van der Waals surface area contributed by atoms with Crippen molar-refractivity contribution >= 4 is 54.2 Å². The van der Waals surface area contributed by atoms with Crippen molar-refractivity contribution in [3.63, 3.8) is 0 Å². The van der Waals surface area contributed by atoms with Crippen LogP contribution < -0.4 is 4.90 Å². The van der Waals surface area contributed by atoms with Crippen LogP contribution in [0.25, 0.3) is 10.2 Å². The van der Waals surface area contributed by atoms with Gasteiger partial charge in [0, 0.05) is 44.8 Å². The lowest BCUT2D eigenvalue weighted by Gasteiger charge is -2.28. The second-order valence-electron chi connectivity index (χ2n) is 9.34. The van der Waals surface area contributed by atoms with E-state index in [0.717, 1.165) is 63.2 Å². The smallest absolute Gasteiger partial charge is 0.260 e. The minimum atomic E-state index is -3.56. The molecule has 0 saturated carbocycles. The molecule has 2 saturated heterocycles. The van der Waals surface area contributed by atoms with Crippen LogP contribution in [0.5, 0.6) is 0 Å². The number of benzene rings is 2. The van der Waals surface area contributed by atoms with Gasteiger partial charge < -0.3 is 4.74 Å². The van der Waals surface area contributed by atoms with Crippen LogP contribution in [0.15, 0.2) is 47.4 Å². The number of sulfonamides is 1. The summed E-state index contributed by atoms with van der Waals surface area (Å²) >= 11 is 7.79. The molecule has 8 nitrogen and oxygen atoms in total. The van der Waals surface area contributed by atoms with Gasteiger partial charge in [-0.1, -0.05) is 35.4 Å². The van der Waals surface area contributed by atoms with Gasteiger partial charge in [-0.05, 0) is 55.7 Å². The number of carbonyl (C=O) groups excluding carboxylic acids is 1. The fourth-order valence-corrected chi connectivity index (χ4v) is 7.57. The second-order valence-corrected chi connectivity index (χ2v) is 12.7. The molecule has 0 unspecified atom stereocenters. The summed E-state index contributed by atoms with van der Waals surface area (Å²) in [4.78, 5) is 22.7. The summed E-state index contributed by atoms with van der Waals surface area (Å²) in [5.41, 5.74) is 1.10. The minimum Gasteiger partial charge on any atom is -0.379 e. The molecule has 1 amide bonds. The number of amides is 1. The number of ether oxygens (including phenoxy) is 1. The Bertz CT molecular complexity index is 1330. The van der Waals surface area contributed by atoms with Gasteiger partial charge in [0.2, 0.25) is 10.0 Å². The number of nitrogens with zero attached hydrogens (tertiary/aromatic N) is 4. The van der Waals surface area contributed by atoms with Crippen molar-refractivity contribution in [1.29, 1.82) is 0 Å². The zero-order chi connectivity index (χ0) is 25.8. The maximum atomic E-state index is 13.7. The SMILES string of the molecule is O=C(c1ccc(S(=O)(=O)N2CCCCC2)cc1)N(CCCN1CCOCC1)c1nc2c(Cl)cccc2s1. The quantitative estimate of drug-likeness (QED) is 0.402. The van der Waals surface area contributed by atoms with E-state index in [9.17, 15) is 13.2 Å². The maximum absolute atomic E-state index is 13.7. The number of thiazole rings is 1. The molecule has 3 heterocycles. The Morgan fingerprint density at radius 1 is 1.03 bits per heavy atom. The van der Waals surface area contributed by atoms with Crippen molar-refractivity contribution in [2.45, 2.75) is 30.6 Å².